The van der Waals surface area contributed by atoms with Crippen LogP contribution in [0.15, 0.2) is 10.5 Å². The quantitative estimate of drug-likeness (QED) is 0.640. The van der Waals surface area contributed by atoms with E-state index in [0.29, 0.717) is 16.8 Å². The standard InChI is InChI=1S/C8H8N4OS2.Al/c1-14-8-12-5-4(9)3(6(10)13)2-11-7(5)15-8;/h2H,1H3,(H4,9,10,11,13);/q;+1/p-1. The number of hydrogen-bond acceptors (Lipinski definition) is 6. The van der Waals surface area contributed by atoms with Crippen LogP contribution < -0.4 is 10.0 Å². The topological polar surface area (TPSA) is 80.9 Å². The monoisotopic (exact) mass is 266 g/mol. The van der Waals surface area contributed by atoms with Crippen LogP contribution in [0.5, 0.6) is 0 Å². The van der Waals surface area contributed by atoms with Crippen LogP contribution in [0.25, 0.3) is 10.3 Å². The molecular weight excluding hydrogens is 259 g/mol. The highest BCUT2D eigenvalue weighted by molar-refractivity contribution is 8.00. The van der Waals surface area contributed by atoms with Crippen LogP contribution in [0.2, 0.25) is 0 Å². The first-order chi connectivity index (χ1) is 7.67. The molecule has 0 saturated carbocycles. The SMILES string of the molecule is CSc1nc2c([NH][Al])c(C(N)=O)cnc2s1. The van der Waals surface area contributed by atoms with Crippen molar-refractivity contribution >= 4 is 61.6 Å². The van der Waals surface area contributed by atoms with E-state index in [2.05, 4.69) is 30.8 Å². The van der Waals surface area contributed by atoms with Crippen LogP contribution in [0, 0.1) is 0 Å². The molecule has 16 heavy (non-hydrogen) atoms. The number of pyridine rings is 1. The Kier molecular flexibility index (Phi) is 3.35. The number of nitrogens with zero attached hydrogens (tertiary/aromatic N) is 2. The van der Waals surface area contributed by atoms with Gasteiger partial charge in [-0.05, 0) is 6.26 Å². The van der Waals surface area contributed by atoms with Gasteiger partial charge in [-0.2, -0.15) is 0 Å². The number of carbonyl (C=O) groups excluding carboxylic acids is 1. The molecule has 2 aromatic rings. The molecule has 0 unspecified atom stereocenters. The summed E-state index contributed by atoms with van der Waals surface area (Å²) >= 11 is 5.37. The van der Waals surface area contributed by atoms with Gasteiger partial charge in [0, 0.05) is 6.20 Å². The van der Waals surface area contributed by atoms with Gasteiger partial charge in [-0.25, -0.2) is 9.97 Å². The molecule has 1 amide bonds. The van der Waals surface area contributed by atoms with Crippen LogP contribution in [-0.2, 0) is 0 Å². The largest absolute Gasteiger partial charge is 0.489 e. The fourth-order valence-electron chi connectivity index (χ4n) is 1.28. The molecule has 5 nitrogen and oxygen atoms in total. The first kappa shape index (κ1) is 11.7. The number of fused-ring (bicyclic) bond motifs is 1. The second-order valence-corrected chi connectivity index (χ2v) is 5.21. The van der Waals surface area contributed by atoms with E-state index < -0.39 is 5.91 Å². The van der Waals surface area contributed by atoms with Crippen molar-refractivity contribution in [3.63, 3.8) is 0 Å². The number of amides is 1. The zero-order valence-electron chi connectivity index (χ0n) is 8.35. The Balaban J connectivity index is 2.74. The van der Waals surface area contributed by atoms with E-state index in [1.807, 2.05) is 6.26 Å². The molecule has 0 aromatic carbocycles. The normalized spacial score (nSPS) is 10.6. The summed E-state index contributed by atoms with van der Waals surface area (Å²) in [5, 5.41) is 0. The summed E-state index contributed by atoms with van der Waals surface area (Å²) in [6.07, 6.45) is 3.42. The number of nitrogens with two attached hydrogens (primary N) is 1. The maximum atomic E-state index is 11.2. The predicted octanol–water partition coefficient (Wildman–Crippen LogP) is 1.01. The minimum absolute atomic E-state index is 0.348. The Morgan fingerprint density at radius 1 is 1.69 bits per heavy atom. The third kappa shape index (κ3) is 1.89. The highest BCUT2D eigenvalue weighted by atomic mass is 32.2. The van der Waals surface area contributed by atoms with Gasteiger partial charge in [0.15, 0.2) is 4.34 Å². The van der Waals surface area contributed by atoms with E-state index in [1.54, 1.807) is 11.8 Å². The summed E-state index contributed by atoms with van der Waals surface area (Å²) in [6.45, 7) is 0. The van der Waals surface area contributed by atoms with Crippen molar-refractivity contribution in [3.05, 3.63) is 11.8 Å². The van der Waals surface area contributed by atoms with Crippen molar-refractivity contribution in [1.29, 1.82) is 0 Å². The molecule has 0 atom stereocenters. The van der Waals surface area contributed by atoms with Gasteiger partial charge in [0.2, 0.25) is 0 Å². The van der Waals surface area contributed by atoms with Crippen molar-refractivity contribution in [2.75, 3.05) is 10.6 Å². The summed E-state index contributed by atoms with van der Waals surface area (Å²) in [6, 6.07) is 0. The molecule has 0 fully saturated rings. The second-order valence-electron chi connectivity index (χ2n) is 2.89. The van der Waals surface area contributed by atoms with E-state index in [1.165, 1.54) is 17.5 Å². The van der Waals surface area contributed by atoms with Crippen LogP contribution in [0.3, 0.4) is 0 Å². The van der Waals surface area contributed by atoms with Gasteiger partial charge in [0.1, 0.15) is 10.3 Å². The maximum Gasteiger partial charge on any atom is 0.305 e. The third-order valence-electron chi connectivity index (χ3n) is 1.99. The smallest absolute Gasteiger partial charge is 0.305 e. The number of primary amides is 1. The van der Waals surface area contributed by atoms with Gasteiger partial charge < -0.3 is 10.0 Å². The summed E-state index contributed by atoms with van der Waals surface area (Å²) in [5.74, 6) is -0.516. The molecule has 0 spiro atoms. The number of anilines is 1. The van der Waals surface area contributed by atoms with Gasteiger partial charge in [0.05, 0.1) is 11.3 Å². The number of nitrogens with one attached hydrogen (secondary N) is 1. The number of hydrogen-bond donors (Lipinski definition) is 2. The third-order valence-corrected chi connectivity index (χ3v) is 4.23. The molecule has 0 aliphatic heterocycles. The molecule has 2 heterocycles. The zero-order chi connectivity index (χ0) is 11.7. The molecular formula is C8H7AlN4OS2. The zero-order valence-corrected chi connectivity index (χ0v) is 11.1. The average Bonchev–Trinajstić information content (AvgIpc) is 2.69. The first-order valence-corrected chi connectivity index (χ1v) is 6.89. The fraction of sp³-hybridized carbons (Fsp3) is 0.125. The number of thioether (sulfide) groups is 1. The Bertz CT molecular complexity index is 556. The minimum Gasteiger partial charge on any atom is -0.489 e. The van der Waals surface area contributed by atoms with E-state index in [-0.39, 0.29) is 0 Å². The summed E-state index contributed by atoms with van der Waals surface area (Å²) in [4.78, 5) is 20.5. The maximum absolute atomic E-state index is 11.2. The Morgan fingerprint density at radius 3 is 3.00 bits per heavy atom. The first-order valence-electron chi connectivity index (χ1n) is 4.27. The van der Waals surface area contributed by atoms with E-state index in [9.17, 15) is 4.79 Å². The molecule has 0 saturated heterocycles. The molecule has 0 bridgehead atoms. The molecule has 0 aliphatic rings. The molecule has 2 aromatic heterocycles. The minimum atomic E-state index is -0.516. The van der Waals surface area contributed by atoms with Crippen molar-refractivity contribution in [3.8, 4) is 0 Å². The Hall–Kier alpha value is -0.808. The lowest BCUT2D eigenvalue weighted by molar-refractivity contribution is 0.100. The summed E-state index contributed by atoms with van der Waals surface area (Å²) < 4.78 is 3.78. The molecule has 3 N–H and O–H groups in total. The van der Waals surface area contributed by atoms with E-state index >= 15 is 0 Å². The van der Waals surface area contributed by atoms with Gasteiger partial charge >= 0.3 is 16.5 Å². The molecule has 0 aliphatic carbocycles. The van der Waals surface area contributed by atoms with Gasteiger partial charge in [-0.3, -0.25) is 4.79 Å². The van der Waals surface area contributed by atoms with Crippen LogP contribution in [0.4, 0.5) is 5.69 Å². The van der Waals surface area contributed by atoms with Gasteiger partial charge in [0.25, 0.3) is 5.91 Å². The highest BCUT2D eigenvalue weighted by Crippen LogP contribution is 2.32. The number of carbonyl (C=O) groups is 1. The lowest BCUT2D eigenvalue weighted by Gasteiger charge is -2.06. The van der Waals surface area contributed by atoms with E-state index in [4.69, 9.17) is 5.73 Å². The fourth-order valence-corrected chi connectivity index (χ4v) is 2.98. The van der Waals surface area contributed by atoms with E-state index in [0.717, 1.165) is 9.17 Å². The summed E-state index contributed by atoms with van der Waals surface area (Å²) in [7, 11) is 0. The average molecular weight is 266 g/mol. The Labute approximate surface area is 108 Å². The van der Waals surface area contributed by atoms with Gasteiger partial charge in [-0.15, -0.1) is 0 Å². The van der Waals surface area contributed by atoms with Crippen molar-refractivity contribution in [2.24, 2.45) is 5.73 Å². The lowest BCUT2D eigenvalue weighted by Crippen LogP contribution is -2.14. The van der Waals surface area contributed by atoms with Crippen molar-refractivity contribution in [2.45, 2.75) is 4.34 Å². The van der Waals surface area contributed by atoms with Crippen LogP contribution in [-0.4, -0.2) is 38.6 Å². The lowest BCUT2D eigenvalue weighted by atomic mass is 10.2. The number of rotatable bonds is 3. The van der Waals surface area contributed by atoms with Crippen LogP contribution in [0.1, 0.15) is 10.4 Å². The summed E-state index contributed by atoms with van der Waals surface area (Å²) in [5.41, 5.74) is 6.90. The predicted molar refractivity (Wildman–Crippen MR) is 67.1 cm³/mol. The second kappa shape index (κ2) is 4.59. The molecule has 80 valence electrons. The van der Waals surface area contributed by atoms with Crippen LogP contribution >= 0.6 is 23.1 Å². The van der Waals surface area contributed by atoms with Crippen molar-refractivity contribution < 1.29 is 4.79 Å². The van der Waals surface area contributed by atoms with Crippen molar-refractivity contribution in [1.82, 2.24) is 9.97 Å². The number of thiazole rings is 1. The molecule has 2 radical (unpaired) electrons. The molecule has 8 heteroatoms. The highest BCUT2D eigenvalue weighted by Gasteiger charge is 2.14. The Morgan fingerprint density at radius 2 is 2.44 bits per heavy atom. The number of aromatic nitrogens is 2. The van der Waals surface area contributed by atoms with Gasteiger partial charge in [-0.1, -0.05) is 23.1 Å². The molecule has 2 rings (SSSR count).